The average molecular weight is 634 g/mol. The van der Waals surface area contributed by atoms with Crippen molar-refractivity contribution in [2.24, 2.45) is 0 Å². The Balaban J connectivity index is 1.31. The molecule has 1 aromatic heterocycles. The van der Waals surface area contributed by atoms with Crippen LogP contribution in [0.25, 0.3) is 45.3 Å². The molecule has 0 aliphatic heterocycles. The highest BCUT2D eigenvalue weighted by Gasteiger charge is 2.45. The van der Waals surface area contributed by atoms with Gasteiger partial charge in [0.15, 0.2) is 24.6 Å². The Bertz CT molecular complexity index is 2200. The van der Waals surface area contributed by atoms with Crippen LogP contribution in [0.2, 0.25) is 0 Å². The van der Waals surface area contributed by atoms with E-state index in [9.17, 15) is 0 Å². The second-order valence-corrected chi connectivity index (χ2v) is 14.2. The van der Waals surface area contributed by atoms with Crippen molar-refractivity contribution < 1.29 is 13.3 Å². The van der Waals surface area contributed by atoms with E-state index in [1.807, 2.05) is 121 Å². The third kappa shape index (κ3) is 4.89. The van der Waals surface area contributed by atoms with Gasteiger partial charge < -0.3 is 4.57 Å². The highest BCUT2D eigenvalue weighted by atomic mass is 31.2. The monoisotopic (exact) mass is 633 g/mol. The van der Waals surface area contributed by atoms with Gasteiger partial charge in [-0.2, -0.15) is 8.78 Å². The molecule has 1 aliphatic carbocycles. The number of benzene rings is 6. The Morgan fingerprint density at radius 1 is 0.426 bits per heavy atom. The molecule has 47 heavy (non-hydrogen) atoms. The van der Waals surface area contributed by atoms with Crippen LogP contribution < -0.4 is 15.9 Å². The van der Waals surface area contributed by atoms with E-state index >= 15 is 13.3 Å². The van der Waals surface area contributed by atoms with Gasteiger partial charge in [0.2, 0.25) is 0 Å². The first-order chi connectivity index (χ1) is 22.9. The van der Waals surface area contributed by atoms with Crippen molar-refractivity contribution in [2.45, 2.75) is 5.92 Å². The number of alkyl halides is 2. The standard InChI is InChI=1S/C40H26F2N3OP/c41-40(42)35-23-21-29(39-44-37(27-13-5-1-6-14-27)43-38(45-39)28-15-7-2-8-16-28)25-33(35)34-26-32(22-24-36(34)40)47(46,30-17-9-3-10-18-30)31-19-11-4-12-20-31/h1-26H. The molecule has 7 heteroatoms. The first-order valence-electron chi connectivity index (χ1n) is 15.2. The lowest BCUT2D eigenvalue weighted by Crippen LogP contribution is -2.25. The van der Waals surface area contributed by atoms with Crippen molar-refractivity contribution in [1.82, 2.24) is 15.0 Å². The SMILES string of the molecule is O=P(c1ccccc1)(c1ccccc1)c1ccc2c(c1)-c1cc(-c3nc(-c4ccccc4)nc(-c4ccccc4)n3)ccc1C2(F)F. The fraction of sp³-hybridized carbons (Fsp3) is 0.0250. The van der Waals surface area contributed by atoms with Crippen LogP contribution in [0, 0.1) is 0 Å². The van der Waals surface area contributed by atoms with Crippen LogP contribution in [0.15, 0.2) is 158 Å². The summed E-state index contributed by atoms with van der Waals surface area (Å²) in [4.78, 5) is 14.4. The van der Waals surface area contributed by atoms with Crippen molar-refractivity contribution in [2.75, 3.05) is 0 Å². The molecule has 0 radical (unpaired) electrons. The normalized spacial score (nSPS) is 13.1. The molecule has 0 unspecified atom stereocenters. The van der Waals surface area contributed by atoms with Gasteiger partial charge in [0.1, 0.15) is 0 Å². The van der Waals surface area contributed by atoms with Gasteiger partial charge in [0.25, 0.3) is 5.92 Å². The Kier molecular flexibility index (Phi) is 6.96. The minimum Gasteiger partial charge on any atom is -0.309 e. The summed E-state index contributed by atoms with van der Waals surface area (Å²) in [5.74, 6) is -1.90. The zero-order chi connectivity index (χ0) is 32.0. The molecule has 0 fully saturated rings. The van der Waals surface area contributed by atoms with E-state index in [2.05, 4.69) is 0 Å². The number of hydrogen-bond acceptors (Lipinski definition) is 4. The maximum atomic E-state index is 16.0. The predicted octanol–water partition coefficient (Wildman–Crippen LogP) is 8.63. The van der Waals surface area contributed by atoms with Gasteiger partial charge in [-0.05, 0) is 23.3 Å². The summed E-state index contributed by atoms with van der Waals surface area (Å²) in [6.07, 6.45) is 0. The predicted molar refractivity (Wildman–Crippen MR) is 184 cm³/mol. The first-order valence-corrected chi connectivity index (χ1v) is 16.9. The quantitative estimate of drug-likeness (QED) is 0.172. The van der Waals surface area contributed by atoms with Crippen molar-refractivity contribution >= 4 is 23.1 Å². The molecular weight excluding hydrogens is 607 g/mol. The molecule has 226 valence electrons. The highest BCUT2D eigenvalue weighted by Crippen LogP contribution is 2.53. The van der Waals surface area contributed by atoms with Gasteiger partial charge in [0.05, 0.1) is 0 Å². The summed E-state index contributed by atoms with van der Waals surface area (Å²) >= 11 is 0. The molecule has 0 spiro atoms. The topological polar surface area (TPSA) is 55.7 Å². The van der Waals surface area contributed by atoms with Crippen LogP contribution in [-0.2, 0) is 10.5 Å². The van der Waals surface area contributed by atoms with Crippen molar-refractivity contribution in [3.8, 4) is 45.3 Å². The second-order valence-electron chi connectivity index (χ2n) is 11.4. The van der Waals surface area contributed by atoms with Crippen LogP contribution in [-0.4, -0.2) is 15.0 Å². The maximum Gasteiger partial charge on any atom is 0.299 e. The summed E-state index contributed by atoms with van der Waals surface area (Å²) in [5, 5.41) is 1.76. The van der Waals surface area contributed by atoms with E-state index in [1.54, 1.807) is 24.3 Å². The molecular formula is C40H26F2N3OP. The van der Waals surface area contributed by atoms with Crippen LogP contribution in [0.5, 0.6) is 0 Å². The fourth-order valence-electron chi connectivity index (χ4n) is 6.21. The third-order valence-electron chi connectivity index (χ3n) is 8.55. The summed E-state index contributed by atoms with van der Waals surface area (Å²) in [5.41, 5.74) is 2.68. The molecule has 0 saturated heterocycles. The molecule has 7 aromatic rings. The number of rotatable bonds is 6. The third-order valence-corrected chi connectivity index (χ3v) is 11.6. The molecule has 6 aromatic carbocycles. The van der Waals surface area contributed by atoms with Gasteiger partial charge in [0, 0.05) is 43.7 Å². The maximum absolute atomic E-state index is 16.0. The minimum absolute atomic E-state index is 0.108. The summed E-state index contributed by atoms with van der Waals surface area (Å²) in [7, 11) is -3.39. The van der Waals surface area contributed by atoms with Crippen LogP contribution in [0.3, 0.4) is 0 Å². The van der Waals surface area contributed by atoms with E-state index in [0.717, 1.165) is 11.1 Å². The Morgan fingerprint density at radius 3 is 1.32 bits per heavy atom. The van der Waals surface area contributed by atoms with E-state index in [0.29, 0.717) is 50.1 Å². The first kappa shape index (κ1) is 28.9. The van der Waals surface area contributed by atoms with E-state index in [4.69, 9.17) is 15.0 Å². The molecule has 0 saturated carbocycles. The second kappa shape index (κ2) is 11.3. The highest BCUT2D eigenvalue weighted by molar-refractivity contribution is 7.85. The van der Waals surface area contributed by atoms with Crippen molar-refractivity contribution in [1.29, 1.82) is 0 Å². The van der Waals surface area contributed by atoms with Crippen LogP contribution >= 0.6 is 7.14 Å². The summed E-state index contributed by atoms with van der Waals surface area (Å²) in [6.45, 7) is 0. The zero-order valence-electron chi connectivity index (χ0n) is 25.0. The van der Waals surface area contributed by atoms with E-state index in [1.165, 1.54) is 12.1 Å². The Labute approximate surface area is 270 Å². The van der Waals surface area contributed by atoms with Gasteiger partial charge in [-0.3, -0.25) is 0 Å². The fourth-order valence-corrected chi connectivity index (χ4v) is 8.88. The molecule has 0 atom stereocenters. The lowest BCUT2D eigenvalue weighted by atomic mass is 10.0. The molecule has 4 nitrogen and oxygen atoms in total. The lowest BCUT2D eigenvalue weighted by Gasteiger charge is -2.21. The van der Waals surface area contributed by atoms with Crippen molar-refractivity contribution in [3.63, 3.8) is 0 Å². The number of halogens is 2. The molecule has 8 rings (SSSR count). The van der Waals surface area contributed by atoms with Gasteiger partial charge in [-0.1, -0.05) is 146 Å². The molecule has 0 amide bonds. The largest absolute Gasteiger partial charge is 0.309 e. The number of nitrogens with zero attached hydrogens (tertiary/aromatic N) is 3. The minimum atomic E-state index is -3.39. The van der Waals surface area contributed by atoms with E-state index < -0.39 is 13.1 Å². The van der Waals surface area contributed by atoms with E-state index in [-0.39, 0.29) is 11.1 Å². The molecule has 1 aliphatic rings. The molecule has 0 bridgehead atoms. The average Bonchev–Trinajstić information content (AvgIpc) is 3.37. The Morgan fingerprint density at radius 2 is 0.830 bits per heavy atom. The smallest absolute Gasteiger partial charge is 0.299 e. The molecule has 0 N–H and O–H groups in total. The summed E-state index contributed by atoms with van der Waals surface area (Å²) in [6, 6.07) is 47.1. The summed E-state index contributed by atoms with van der Waals surface area (Å²) < 4.78 is 47.1. The number of hydrogen-bond donors (Lipinski definition) is 0. The van der Waals surface area contributed by atoms with Gasteiger partial charge in [-0.25, -0.2) is 15.0 Å². The molecule has 1 heterocycles. The zero-order valence-corrected chi connectivity index (χ0v) is 25.9. The van der Waals surface area contributed by atoms with Crippen LogP contribution in [0.4, 0.5) is 8.78 Å². The number of aromatic nitrogens is 3. The lowest BCUT2D eigenvalue weighted by molar-refractivity contribution is 0.0480. The van der Waals surface area contributed by atoms with Crippen molar-refractivity contribution in [3.05, 3.63) is 169 Å². The van der Waals surface area contributed by atoms with Gasteiger partial charge in [-0.15, -0.1) is 0 Å². The van der Waals surface area contributed by atoms with Gasteiger partial charge >= 0.3 is 0 Å². The Hall–Kier alpha value is -5.58. The number of fused-ring (bicyclic) bond motifs is 3. The van der Waals surface area contributed by atoms with Crippen LogP contribution in [0.1, 0.15) is 11.1 Å².